The normalized spacial score (nSPS) is 29.1. The third-order valence-corrected chi connectivity index (χ3v) is 2.57. The number of nitrogens with two attached hydrogens (primary N) is 2. The van der Waals surface area contributed by atoms with Crippen molar-refractivity contribution in [2.24, 2.45) is 11.5 Å². The molecule has 1 aliphatic heterocycles. The van der Waals surface area contributed by atoms with Crippen molar-refractivity contribution < 1.29 is 39.5 Å². The van der Waals surface area contributed by atoms with Gasteiger partial charge in [-0.2, -0.15) is 0 Å². The highest BCUT2D eigenvalue weighted by atomic mass is 16.6. The van der Waals surface area contributed by atoms with Crippen molar-refractivity contribution in [2.45, 2.75) is 30.7 Å². The van der Waals surface area contributed by atoms with Crippen LogP contribution in [0.1, 0.15) is 0 Å². The third kappa shape index (κ3) is 9.83. The number of rotatable bonds is 2. The molecule has 138 valence electrons. The van der Waals surface area contributed by atoms with Crippen LogP contribution in [0.3, 0.4) is 0 Å². The summed E-state index contributed by atoms with van der Waals surface area (Å²) in [4.78, 5) is 19.0. The lowest BCUT2D eigenvalue weighted by Crippen LogP contribution is -2.59. The molecule has 10 N–H and O–H groups in total. The smallest absolute Gasteiger partial charge is 0.314 e. The number of primary amides is 2. The lowest BCUT2D eigenvalue weighted by Gasteiger charge is -2.39. The highest BCUT2D eigenvalue weighted by molar-refractivity contribution is 5.72. The van der Waals surface area contributed by atoms with Crippen LogP contribution in [-0.4, -0.2) is 91.0 Å². The van der Waals surface area contributed by atoms with Crippen LogP contribution in [0.15, 0.2) is 0 Å². The summed E-state index contributed by atoms with van der Waals surface area (Å²) in [6, 6.07) is -0.991. The molecule has 1 fully saturated rings. The number of carbonyl (C=O) groups is 2. The zero-order chi connectivity index (χ0) is 18.6. The Labute approximate surface area is 133 Å². The molecule has 0 aromatic carbocycles. The van der Waals surface area contributed by atoms with Gasteiger partial charge in [-0.15, -0.1) is 0 Å². The van der Waals surface area contributed by atoms with Gasteiger partial charge in [0.05, 0.1) is 6.61 Å². The molecule has 0 saturated carbocycles. The Bertz CT molecular complexity index is 334. The number of nitrogens with one attached hydrogen (secondary N) is 2. The van der Waals surface area contributed by atoms with Gasteiger partial charge in [0.1, 0.15) is 24.4 Å². The van der Waals surface area contributed by atoms with Crippen molar-refractivity contribution in [3.63, 3.8) is 0 Å². The summed E-state index contributed by atoms with van der Waals surface area (Å²) in [7, 11) is 4.46. The third-order valence-electron chi connectivity index (χ3n) is 2.57. The molecule has 1 heterocycles. The minimum Gasteiger partial charge on any atom is -0.394 e. The van der Waals surface area contributed by atoms with Gasteiger partial charge in [0.2, 0.25) is 0 Å². The second kappa shape index (κ2) is 12.8. The predicted molar refractivity (Wildman–Crippen MR) is 78.1 cm³/mol. The fraction of sp³-hybridized carbons (Fsp3) is 0.818. The van der Waals surface area contributed by atoms with Crippen molar-refractivity contribution in [1.29, 1.82) is 0 Å². The fourth-order valence-electron chi connectivity index (χ4n) is 1.48. The zero-order valence-corrected chi connectivity index (χ0v) is 13.2. The molecule has 12 nitrogen and oxygen atoms in total. The van der Waals surface area contributed by atoms with Crippen molar-refractivity contribution in [1.82, 2.24) is 10.6 Å². The van der Waals surface area contributed by atoms with Gasteiger partial charge in [0.15, 0.2) is 6.29 Å². The van der Waals surface area contributed by atoms with Gasteiger partial charge in [-0.1, -0.05) is 0 Å². The van der Waals surface area contributed by atoms with E-state index >= 15 is 0 Å². The van der Waals surface area contributed by atoms with Crippen LogP contribution in [0.4, 0.5) is 9.59 Å². The average molecular weight is 342 g/mol. The first-order valence-corrected chi connectivity index (χ1v) is 6.43. The van der Waals surface area contributed by atoms with Gasteiger partial charge in [-0.25, -0.2) is 9.59 Å². The van der Waals surface area contributed by atoms with Crippen LogP contribution < -0.4 is 22.1 Å². The SMILES string of the molecule is CNC(=O)NC.COC1C(CO)OC(O)C(O)C1O.NC(N)=O. The van der Waals surface area contributed by atoms with E-state index in [1.54, 1.807) is 14.1 Å². The Hall–Kier alpha value is -1.70. The van der Waals surface area contributed by atoms with Crippen LogP contribution in [0, 0.1) is 0 Å². The maximum Gasteiger partial charge on any atom is 0.314 e. The first-order valence-electron chi connectivity index (χ1n) is 6.43. The van der Waals surface area contributed by atoms with Crippen LogP contribution >= 0.6 is 0 Å². The summed E-state index contributed by atoms with van der Waals surface area (Å²) in [5.74, 6) is 0. The molecule has 4 amide bonds. The van der Waals surface area contributed by atoms with E-state index in [-0.39, 0.29) is 12.6 Å². The van der Waals surface area contributed by atoms with Crippen LogP contribution in [-0.2, 0) is 9.47 Å². The largest absolute Gasteiger partial charge is 0.394 e. The highest BCUT2D eigenvalue weighted by Gasteiger charge is 2.43. The Kier molecular flexibility index (Phi) is 13.1. The van der Waals surface area contributed by atoms with Crippen molar-refractivity contribution >= 4 is 12.1 Å². The minimum atomic E-state index is -1.49. The van der Waals surface area contributed by atoms with Gasteiger partial charge >= 0.3 is 12.1 Å². The summed E-state index contributed by atoms with van der Waals surface area (Å²) in [5, 5.41) is 41.2. The molecular weight excluding hydrogens is 316 g/mol. The second-order valence-electron chi connectivity index (χ2n) is 4.16. The van der Waals surface area contributed by atoms with E-state index in [1.165, 1.54) is 7.11 Å². The van der Waals surface area contributed by atoms with Crippen LogP contribution in [0.25, 0.3) is 0 Å². The number of amides is 4. The van der Waals surface area contributed by atoms with E-state index < -0.39 is 36.7 Å². The van der Waals surface area contributed by atoms with Crippen molar-refractivity contribution in [3.8, 4) is 0 Å². The van der Waals surface area contributed by atoms with E-state index in [9.17, 15) is 15.0 Å². The Balaban J connectivity index is 0. The van der Waals surface area contributed by atoms with E-state index in [0.717, 1.165) is 0 Å². The number of hydrogen-bond acceptors (Lipinski definition) is 8. The number of aliphatic hydroxyl groups excluding tert-OH is 4. The highest BCUT2D eigenvalue weighted by Crippen LogP contribution is 2.21. The van der Waals surface area contributed by atoms with E-state index in [1.807, 2.05) is 0 Å². The van der Waals surface area contributed by atoms with Gasteiger partial charge in [-0.3, -0.25) is 0 Å². The first kappa shape index (κ1) is 23.6. The predicted octanol–water partition coefficient (Wildman–Crippen LogP) is -4.00. The van der Waals surface area contributed by atoms with E-state index in [2.05, 4.69) is 22.1 Å². The van der Waals surface area contributed by atoms with Crippen LogP contribution in [0.5, 0.6) is 0 Å². The molecule has 0 spiro atoms. The average Bonchev–Trinajstić information content (AvgIpc) is 2.51. The molecule has 0 radical (unpaired) electrons. The molecule has 1 rings (SSSR count). The number of carbonyl (C=O) groups excluding carboxylic acids is 2. The molecule has 23 heavy (non-hydrogen) atoms. The van der Waals surface area contributed by atoms with Gasteiger partial charge in [-0.05, 0) is 0 Å². The minimum absolute atomic E-state index is 0.157. The van der Waals surface area contributed by atoms with Crippen molar-refractivity contribution in [2.75, 3.05) is 27.8 Å². The molecule has 12 heteroatoms. The number of aliphatic hydroxyl groups is 4. The van der Waals surface area contributed by atoms with Crippen molar-refractivity contribution in [3.05, 3.63) is 0 Å². The molecule has 5 unspecified atom stereocenters. The molecule has 0 aromatic heterocycles. The number of ether oxygens (including phenoxy) is 2. The fourth-order valence-corrected chi connectivity index (χ4v) is 1.48. The van der Waals surface area contributed by atoms with E-state index in [0.29, 0.717) is 0 Å². The zero-order valence-electron chi connectivity index (χ0n) is 13.2. The quantitative estimate of drug-likeness (QED) is 0.247. The van der Waals surface area contributed by atoms with Gasteiger partial charge in [0, 0.05) is 21.2 Å². The first-order chi connectivity index (χ1) is 10.7. The van der Waals surface area contributed by atoms with Gasteiger partial charge < -0.3 is 52.0 Å². The molecule has 5 atom stereocenters. The molecule has 0 aromatic rings. The monoisotopic (exact) mass is 342 g/mol. The van der Waals surface area contributed by atoms with Gasteiger partial charge in [0.25, 0.3) is 0 Å². The summed E-state index contributed by atoms with van der Waals surface area (Å²) in [5.41, 5.74) is 8.50. The van der Waals surface area contributed by atoms with E-state index in [4.69, 9.17) is 24.5 Å². The lowest BCUT2D eigenvalue weighted by atomic mass is 9.99. The Morgan fingerprint density at radius 1 is 1.13 bits per heavy atom. The number of methoxy groups -OCH3 is 1. The molecular formula is C11H26N4O8. The number of hydrogen-bond donors (Lipinski definition) is 8. The summed E-state index contributed by atoms with van der Waals surface area (Å²) < 4.78 is 9.61. The summed E-state index contributed by atoms with van der Waals surface area (Å²) in [6.45, 7) is -0.390. The Morgan fingerprint density at radius 3 is 1.83 bits per heavy atom. The second-order valence-corrected chi connectivity index (χ2v) is 4.16. The molecule has 1 saturated heterocycles. The topological polar surface area (TPSA) is 210 Å². The summed E-state index contributed by atoms with van der Waals surface area (Å²) in [6.07, 6.45) is -5.81. The summed E-state index contributed by atoms with van der Waals surface area (Å²) >= 11 is 0. The lowest BCUT2D eigenvalue weighted by molar-refractivity contribution is -0.290. The molecule has 0 bridgehead atoms. The maximum absolute atomic E-state index is 9.96. The van der Waals surface area contributed by atoms with Crippen LogP contribution in [0.2, 0.25) is 0 Å². The molecule has 1 aliphatic rings. The number of urea groups is 2. The standard InChI is InChI=1S/C7H14O6.C3H8N2O.CH4N2O/c1-12-6-3(2-8)13-7(11)5(10)4(6)9;1-4-3(6)5-2;2-1(3)4/h3-11H,2H2,1H3;1-2H3,(H2,4,5,6);(H4,2,3,4). The Morgan fingerprint density at radius 2 is 1.57 bits per heavy atom. The molecule has 0 aliphatic carbocycles. The maximum atomic E-state index is 9.96.